The number of nitrogens with zero attached hydrogens (tertiary/aromatic N) is 3. The molecule has 102 valence electrons. The third-order valence-corrected chi connectivity index (χ3v) is 3.36. The van der Waals surface area contributed by atoms with Gasteiger partial charge in [0.25, 0.3) is 0 Å². The number of hydrogen-bond donors (Lipinski definition) is 1. The van der Waals surface area contributed by atoms with E-state index in [1.54, 1.807) is 6.20 Å². The Morgan fingerprint density at radius 1 is 1.20 bits per heavy atom. The first-order valence-electron chi connectivity index (χ1n) is 6.47. The number of pyridine rings is 1. The highest BCUT2D eigenvalue weighted by atomic mass is 35.5. The molecule has 0 amide bonds. The monoisotopic (exact) mass is 287 g/mol. The summed E-state index contributed by atoms with van der Waals surface area (Å²) in [7, 11) is 0. The van der Waals surface area contributed by atoms with Crippen molar-refractivity contribution in [3.8, 4) is 11.4 Å². The van der Waals surface area contributed by atoms with Gasteiger partial charge in [0.05, 0.1) is 0 Å². The van der Waals surface area contributed by atoms with Gasteiger partial charge in [0.15, 0.2) is 5.65 Å². The van der Waals surface area contributed by atoms with Gasteiger partial charge in [0.1, 0.15) is 11.3 Å². The van der Waals surface area contributed by atoms with Crippen LogP contribution in [0.5, 0.6) is 0 Å². The highest BCUT2D eigenvalue weighted by molar-refractivity contribution is 6.30. The molecule has 0 aliphatic rings. The summed E-state index contributed by atoms with van der Waals surface area (Å²) in [6.07, 6.45) is 2.41. The Labute approximate surface area is 121 Å². The van der Waals surface area contributed by atoms with Crippen molar-refractivity contribution < 1.29 is 5.11 Å². The fourth-order valence-electron chi connectivity index (χ4n) is 2.25. The van der Waals surface area contributed by atoms with Gasteiger partial charge < -0.3 is 9.67 Å². The predicted octanol–water partition coefficient (Wildman–Crippen LogP) is 3.13. The molecule has 0 radical (unpaired) electrons. The third kappa shape index (κ3) is 2.40. The van der Waals surface area contributed by atoms with Crippen molar-refractivity contribution >= 4 is 22.8 Å². The average Bonchev–Trinajstić information content (AvgIpc) is 2.84. The van der Waals surface area contributed by atoms with E-state index in [0.717, 1.165) is 22.6 Å². The first-order valence-corrected chi connectivity index (χ1v) is 6.85. The predicted molar refractivity (Wildman–Crippen MR) is 79.7 cm³/mol. The molecule has 0 spiro atoms. The van der Waals surface area contributed by atoms with Gasteiger partial charge in [-0.15, -0.1) is 0 Å². The Kier molecular flexibility index (Phi) is 3.67. The Morgan fingerprint density at radius 3 is 2.90 bits per heavy atom. The molecule has 5 heteroatoms. The van der Waals surface area contributed by atoms with Crippen molar-refractivity contribution in [2.24, 2.45) is 0 Å². The number of aryl methyl sites for hydroxylation is 1. The molecule has 2 aromatic heterocycles. The van der Waals surface area contributed by atoms with E-state index in [9.17, 15) is 0 Å². The molecule has 0 unspecified atom stereocenters. The largest absolute Gasteiger partial charge is 0.396 e. The first kappa shape index (κ1) is 13.1. The number of aromatic nitrogens is 3. The van der Waals surface area contributed by atoms with E-state index in [1.807, 2.05) is 41.0 Å². The van der Waals surface area contributed by atoms with E-state index in [1.165, 1.54) is 0 Å². The molecule has 2 heterocycles. The second-order valence-electron chi connectivity index (χ2n) is 4.52. The van der Waals surface area contributed by atoms with E-state index >= 15 is 0 Å². The molecule has 0 bridgehead atoms. The van der Waals surface area contributed by atoms with E-state index in [0.29, 0.717) is 18.0 Å². The van der Waals surface area contributed by atoms with Gasteiger partial charge in [-0.2, -0.15) is 0 Å². The summed E-state index contributed by atoms with van der Waals surface area (Å²) in [5.41, 5.74) is 2.63. The molecular formula is C15H14ClN3O. The summed E-state index contributed by atoms with van der Waals surface area (Å²) in [5.74, 6) is 0.828. The van der Waals surface area contributed by atoms with Crippen molar-refractivity contribution in [3.63, 3.8) is 0 Å². The zero-order chi connectivity index (χ0) is 13.9. The molecule has 1 N–H and O–H groups in total. The van der Waals surface area contributed by atoms with Crippen LogP contribution in [0.2, 0.25) is 5.02 Å². The minimum absolute atomic E-state index is 0.140. The van der Waals surface area contributed by atoms with Crippen molar-refractivity contribution in [2.45, 2.75) is 13.0 Å². The molecule has 0 atom stereocenters. The molecule has 0 aliphatic heterocycles. The Balaban J connectivity index is 2.18. The number of aliphatic hydroxyl groups excluding tert-OH is 1. The maximum absolute atomic E-state index is 9.07. The second-order valence-corrected chi connectivity index (χ2v) is 4.96. The number of imidazole rings is 1. The number of aliphatic hydroxyl groups is 1. The molecule has 3 aromatic rings. The number of fused-ring (bicyclic) bond motifs is 1. The lowest BCUT2D eigenvalue weighted by molar-refractivity contribution is 0.280. The smallest absolute Gasteiger partial charge is 0.160 e. The summed E-state index contributed by atoms with van der Waals surface area (Å²) in [6, 6.07) is 11.4. The van der Waals surface area contributed by atoms with E-state index in [-0.39, 0.29) is 6.61 Å². The number of benzene rings is 1. The van der Waals surface area contributed by atoms with Gasteiger partial charge in [-0.25, -0.2) is 9.97 Å². The summed E-state index contributed by atoms with van der Waals surface area (Å²) in [4.78, 5) is 9.03. The third-order valence-electron chi connectivity index (χ3n) is 3.13. The van der Waals surface area contributed by atoms with Crippen molar-refractivity contribution in [1.82, 2.24) is 14.5 Å². The maximum atomic E-state index is 9.07. The first-order chi connectivity index (χ1) is 9.79. The van der Waals surface area contributed by atoms with E-state index in [4.69, 9.17) is 16.7 Å². The fourth-order valence-corrected chi connectivity index (χ4v) is 2.44. The maximum Gasteiger partial charge on any atom is 0.160 e. The Morgan fingerprint density at radius 2 is 2.10 bits per heavy atom. The van der Waals surface area contributed by atoms with E-state index in [2.05, 4.69) is 9.97 Å². The van der Waals surface area contributed by atoms with Crippen LogP contribution in [-0.2, 0) is 6.54 Å². The van der Waals surface area contributed by atoms with Crippen LogP contribution >= 0.6 is 11.6 Å². The molecule has 0 saturated carbocycles. The molecule has 0 aliphatic carbocycles. The minimum Gasteiger partial charge on any atom is -0.396 e. The van der Waals surface area contributed by atoms with Crippen LogP contribution in [0.25, 0.3) is 22.6 Å². The van der Waals surface area contributed by atoms with Crippen LogP contribution in [0.4, 0.5) is 0 Å². The highest BCUT2D eigenvalue weighted by Gasteiger charge is 2.13. The van der Waals surface area contributed by atoms with Gasteiger partial charge >= 0.3 is 0 Å². The van der Waals surface area contributed by atoms with Gasteiger partial charge in [-0.05, 0) is 30.7 Å². The lowest BCUT2D eigenvalue weighted by Gasteiger charge is -2.07. The van der Waals surface area contributed by atoms with Crippen LogP contribution in [0, 0.1) is 0 Å². The lowest BCUT2D eigenvalue weighted by atomic mass is 10.2. The minimum atomic E-state index is 0.140. The topological polar surface area (TPSA) is 50.9 Å². The van der Waals surface area contributed by atoms with Gasteiger partial charge in [0, 0.05) is 29.9 Å². The van der Waals surface area contributed by atoms with Crippen molar-refractivity contribution in [3.05, 3.63) is 47.6 Å². The molecule has 1 aromatic carbocycles. The van der Waals surface area contributed by atoms with Crippen molar-refractivity contribution in [2.75, 3.05) is 6.61 Å². The zero-order valence-corrected chi connectivity index (χ0v) is 11.6. The SMILES string of the molecule is OCCCn1c(-c2cccc(Cl)c2)nc2cccnc21. The Hall–Kier alpha value is -1.91. The van der Waals surface area contributed by atoms with Gasteiger partial charge in [0.2, 0.25) is 0 Å². The van der Waals surface area contributed by atoms with Crippen LogP contribution in [0.3, 0.4) is 0 Å². The van der Waals surface area contributed by atoms with Crippen LogP contribution in [0.15, 0.2) is 42.6 Å². The van der Waals surface area contributed by atoms with E-state index < -0.39 is 0 Å². The van der Waals surface area contributed by atoms with Gasteiger partial charge in [-0.1, -0.05) is 23.7 Å². The second kappa shape index (κ2) is 5.61. The van der Waals surface area contributed by atoms with Crippen LogP contribution in [-0.4, -0.2) is 26.2 Å². The summed E-state index contributed by atoms with van der Waals surface area (Å²) in [5, 5.41) is 9.74. The number of hydrogen-bond acceptors (Lipinski definition) is 3. The summed E-state index contributed by atoms with van der Waals surface area (Å²) < 4.78 is 2.03. The molecule has 0 fully saturated rings. The average molecular weight is 288 g/mol. The highest BCUT2D eigenvalue weighted by Crippen LogP contribution is 2.25. The fraction of sp³-hybridized carbons (Fsp3) is 0.200. The van der Waals surface area contributed by atoms with Crippen LogP contribution in [0.1, 0.15) is 6.42 Å². The van der Waals surface area contributed by atoms with Crippen LogP contribution < -0.4 is 0 Å². The Bertz CT molecular complexity index is 739. The zero-order valence-electron chi connectivity index (χ0n) is 10.8. The van der Waals surface area contributed by atoms with Gasteiger partial charge in [-0.3, -0.25) is 0 Å². The normalized spacial score (nSPS) is 11.1. The molecular weight excluding hydrogens is 274 g/mol. The number of rotatable bonds is 4. The number of halogens is 1. The molecule has 4 nitrogen and oxygen atoms in total. The summed E-state index contributed by atoms with van der Waals surface area (Å²) in [6.45, 7) is 0.813. The quantitative estimate of drug-likeness (QED) is 0.802. The summed E-state index contributed by atoms with van der Waals surface area (Å²) >= 11 is 6.06. The molecule has 20 heavy (non-hydrogen) atoms. The molecule has 0 saturated heterocycles. The lowest BCUT2D eigenvalue weighted by Crippen LogP contribution is -2.03. The standard InChI is InChI=1S/C15H14ClN3O/c16-12-5-1-4-11(10-12)14-18-13-6-2-7-17-15(13)19(14)8-3-9-20/h1-2,4-7,10,20H,3,8-9H2. The molecule has 3 rings (SSSR count). The van der Waals surface area contributed by atoms with Crippen molar-refractivity contribution in [1.29, 1.82) is 0 Å².